The Bertz CT molecular complexity index is 418. The van der Waals surface area contributed by atoms with Crippen LogP contribution in [0.2, 0.25) is 5.02 Å². The predicted octanol–water partition coefficient (Wildman–Crippen LogP) is 3.45. The van der Waals surface area contributed by atoms with Crippen LogP contribution in [0.5, 0.6) is 0 Å². The van der Waals surface area contributed by atoms with E-state index in [2.05, 4.69) is 0 Å². The molecule has 0 saturated heterocycles. The molecule has 112 valence electrons. The largest absolute Gasteiger partial charge is 0.338 e. The van der Waals surface area contributed by atoms with Gasteiger partial charge in [0.25, 0.3) is 0 Å². The Kier molecular flexibility index (Phi) is 6.50. The van der Waals surface area contributed by atoms with Gasteiger partial charge in [0, 0.05) is 24.7 Å². The number of nitrogens with two attached hydrogens (primary N) is 1. The summed E-state index contributed by atoms with van der Waals surface area (Å²) >= 11 is 5.89. The van der Waals surface area contributed by atoms with Crippen LogP contribution in [0, 0.1) is 5.41 Å². The summed E-state index contributed by atoms with van der Waals surface area (Å²) in [6, 6.07) is 7.62. The molecule has 0 bridgehead atoms. The van der Waals surface area contributed by atoms with Crippen LogP contribution in [-0.4, -0.2) is 23.9 Å². The molecule has 0 saturated carbocycles. The van der Waals surface area contributed by atoms with E-state index in [9.17, 15) is 4.79 Å². The molecule has 20 heavy (non-hydrogen) atoms. The third kappa shape index (κ3) is 3.74. The predicted molar refractivity (Wildman–Crippen MR) is 84.6 cm³/mol. The molecule has 0 atom stereocenters. The number of carbonyl (C=O) groups excluding carboxylic acids is 1. The molecule has 1 amide bonds. The number of nitrogens with zero attached hydrogens (tertiary/aromatic N) is 1. The fourth-order valence-corrected chi connectivity index (χ4v) is 2.53. The molecule has 1 rings (SSSR count). The zero-order valence-corrected chi connectivity index (χ0v) is 13.4. The third-order valence-corrected chi connectivity index (χ3v) is 4.41. The highest BCUT2D eigenvalue weighted by Crippen LogP contribution is 2.28. The first-order valence-electron chi connectivity index (χ1n) is 7.26. The Morgan fingerprint density at radius 3 is 2.15 bits per heavy atom. The van der Waals surface area contributed by atoms with Crippen molar-refractivity contribution in [1.82, 2.24) is 4.90 Å². The minimum atomic E-state index is -0.428. The van der Waals surface area contributed by atoms with Crippen molar-refractivity contribution in [3.63, 3.8) is 0 Å². The zero-order chi connectivity index (χ0) is 15.2. The van der Waals surface area contributed by atoms with Crippen molar-refractivity contribution in [2.75, 3.05) is 13.1 Å². The van der Waals surface area contributed by atoms with Crippen LogP contribution in [0.15, 0.2) is 24.3 Å². The average Bonchev–Trinajstić information content (AvgIpc) is 2.49. The molecule has 2 N–H and O–H groups in total. The minimum Gasteiger partial charge on any atom is -0.338 e. The van der Waals surface area contributed by atoms with Crippen LogP contribution in [0.4, 0.5) is 0 Å². The molecule has 0 aliphatic carbocycles. The summed E-state index contributed by atoms with van der Waals surface area (Å²) in [5.41, 5.74) is 6.53. The van der Waals surface area contributed by atoms with Crippen LogP contribution >= 0.6 is 11.6 Å². The fraction of sp³-hybridized carbons (Fsp3) is 0.562. The van der Waals surface area contributed by atoms with Crippen molar-refractivity contribution < 1.29 is 4.79 Å². The lowest BCUT2D eigenvalue weighted by atomic mass is 9.81. The van der Waals surface area contributed by atoms with Gasteiger partial charge in [-0.05, 0) is 37.5 Å². The second-order valence-corrected chi connectivity index (χ2v) is 5.57. The molecule has 0 aliphatic heterocycles. The van der Waals surface area contributed by atoms with Gasteiger partial charge in [-0.15, -0.1) is 0 Å². The van der Waals surface area contributed by atoms with Crippen LogP contribution in [-0.2, 0) is 11.3 Å². The van der Waals surface area contributed by atoms with Crippen LogP contribution in [0.1, 0.15) is 39.2 Å². The molecule has 0 aromatic heterocycles. The molecule has 0 aliphatic rings. The standard InChI is InChI=1S/C16H25ClN2O/c1-4-16(5-2,12-18)15(20)19(6-3)11-13-7-9-14(17)10-8-13/h7-10H,4-6,11-12,18H2,1-3H3. The van der Waals surface area contributed by atoms with E-state index in [-0.39, 0.29) is 5.91 Å². The van der Waals surface area contributed by atoms with Gasteiger partial charge < -0.3 is 10.6 Å². The Labute approximate surface area is 127 Å². The summed E-state index contributed by atoms with van der Waals surface area (Å²) in [4.78, 5) is 14.7. The summed E-state index contributed by atoms with van der Waals surface area (Å²) < 4.78 is 0. The molecule has 4 heteroatoms. The van der Waals surface area contributed by atoms with E-state index < -0.39 is 5.41 Å². The molecule has 3 nitrogen and oxygen atoms in total. The van der Waals surface area contributed by atoms with Gasteiger partial charge >= 0.3 is 0 Å². The van der Waals surface area contributed by atoms with E-state index in [1.807, 2.05) is 49.9 Å². The van der Waals surface area contributed by atoms with Crippen molar-refractivity contribution in [2.45, 2.75) is 40.2 Å². The molecule has 0 radical (unpaired) electrons. The van der Waals surface area contributed by atoms with E-state index >= 15 is 0 Å². The molecule has 0 heterocycles. The molecule has 1 aromatic rings. The quantitative estimate of drug-likeness (QED) is 0.837. The SMILES string of the molecule is CCN(Cc1ccc(Cl)cc1)C(=O)C(CC)(CC)CN. The molecule has 1 aromatic carbocycles. The Morgan fingerprint density at radius 2 is 1.75 bits per heavy atom. The third-order valence-electron chi connectivity index (χ3n) is 4.15. The highest BCUT2D eigenvalue weighted by Gasteiger charge is 2.36. The minimum absolute atomic E-state index is 0.155. The van der Waals surface area contributed by atoms with Gasteiger partial charge in [0.2, 0.25) is 5.91 Å². The number of carbonyl (C=O) groups is 1. The van der Waals surface area contributed by atoms with Gasteiger partial charge in [0.15, 0.2) is 0 Å². The van der Waals surface area contributed by atoms with Gasteiger partial charge in [-0.1, -0.05) is 37.6 Å². The molecule has 0 unspecified atom stereocenters. The van der Waals surface area contributed by atoms with E-state index in [0.717, 1.165) is 18.4 Å². The van der Waals surface area contributed by atoms with E-state index in [1.54, 1.807) is 0 Å². The Hall–Kier alpha value is -1.06. The first-order chi connectivity index (χ1) is 9.52. The maximum atomic E-state index is 12.8. The Balaban J connectivity index is 2.89. The van der Waals surface area contributed by atoms with Crippen molar-refractivity contribution in [3.05, 3.63) is 34.9 Å². The maximum absolute atomic E-state index is 12.8. The number of halogens is 1. The number of amides is 1. The normalized spacial score (nSPS) is 11.4. The molecule has 0 spiro atoms. The van der Waals surface area contributed by atoms with Crippen LogP contribution < -0.4 is 5.73 Å². The number of hydrogen-bond acceptors (Lipinski definition) is 2. The summed E-state index contributed by atoms with van der Waals surface area (Å²) in [5.74, 6) is 0.155. The number of rotatable bonds is 7. The summed E-state index contributed by atoms with van der Waals surface area (Å²) in [6.07, 6.45) is 1.55. The number of benzene rings is 1. The average molecular weight is 297 g/mol. The lowest BCUT2D eigenvalue weighted by Crippen LogP contribution is -2.47. The van der Waals surface area contributed by atoms with E-state index in [4.69, 9.17) is 17.3 Å². The number of hydrogen-bond donors (Lipinski definition) is 1. The topological polar surface area (TPSA) is 46.3 Å². The van der Waals surface area contributed by atoms with E-state index in [0.29, 0.717) is 24.7 Å². The van der Waals surface area contributed by atoms with Gasteiger partial charge in [0.05, 0.1) is 5.41 Å². The molecular weight excluding hydrogens is 272 g/mol. The lowest BCUT2D eigenvalue weighted by Gasteiger charge is -2.34. The van der Waals surface area contributed by atoms with Gasteiger partial charge in [-0.2, -0.15) is 0 Å². The van der Waals surface area contributed by atoms with Crippen LogP contribution in [0.3, 0.4) is 0 Å². The van der Waals surface area contributed by atoms with Crippen molar-refractivity contribution in [1.29, 1.82) is 0 Å². The van der Waals surface area contributed by atoms with Gasteiger partial charge in [-0.3, -0.25) is 4.79 Å². The Morgan fingerprint density at radius 1 is 1.20 bits per heavy atom. The monoisotopic (exact) mass is 296 g/mol. The van der Waals surface area contributed by atoms with Gasteiger partial charge in [0.1, 0.15) is 0 Å². The zero-order valence-electron chi connectivity index (χ0n) is 12.7. The van der Waals surface area contributed by atoms with Crippen molar-refractivity contribution in [3.8, 4) is 0 Å². The second-order valence-electron chi connectivity index (χ2n) is 5.14. The maximum Gasteiger partial charge on any atom is 0.230 e. The summed E-state index contributed by atoms with van der Waals surface area (Å²) in [6.45, 7) is 7.75. The highest BCUT2D eigenvalue weighted by atomic mass is 35.5. The van der Waals surface area contributed by atoms with Crippen molar-refractivity contribution in [2.24, 2.45) is 11.1 Å². The fourth-order valence-electron chi connectivity index (χ4n) is 2.40. The van der Waals surface area contributed by atoms with Crippen molar-refractivity contribution >= 4 is 17.5 Å². The van der Waals surface area contributed by atoms with Gasteiger partial charge in [-0.25, -0.2) is 0 Å². The molecule has 0 fully saturated rings. The first kappa shape index (κ1) is 17.0. The van der Waals surface area contributed by atoms with E-state index in [1.165, 1.54) is 0 Å². The first-order valence-corrected chi connectivity index (χ1v) is 7.64. The summed E-state index contributed by atoms with van der Waals surface area (Å²) in [7, 11) is 0. The smallest absolute Gasteiger partial charge is 0.230 e. The highest BCUT2D eigenvalue weighted by molar-refractivity contribution is 6.30. The van der Waals surface area contributed by atoms with Crippen LogP contribution in [0.25, 0.3) is 0 Å². The molecular formula is C16H25ClN2O. The summed E-state index contributed by atoms with van der Waals surface area (Å²) in [5, 5.41) is 0.710. The second kappa shape index (κ2) is 7.65. The lowest BCUT2D eigenvalue weighted by molar-refractivity contribution is -0.142.